The lowest BCUT2D eigenvalue weighted by molar-refractivity contribution is 0.0523. The van der Waals surface area contributed by atoms with E-state index in [4.69, 9.17) is 9.47 Å². The molecule has 5 nitrogen and oxygen atoms in total. The molecule has 1 heterocycles. The number of benzene rings is 1. The highest BCUT2D eigenvalue weighted by molar-refractivity contribution is 5.97. The second-order valence-corrected chi connectivity index (χ2v) is 5.66. The third-order valence-electron chi connectivity index (χ3n) is 2.79. The van der Waals surface area contributed by atoms with Gasteiger partial charge in [0.1, 0.15) is 5.60 Å². The maximum absolute atomic E-state index is 12.1. The fourth-order valence-corrected chi connectivity index (χ4v) is 1.95. The first-order chi connectivity index (χ1) is 9.81. The van der Waals surface area contributed by atoms with Crippen molar-refractivity contribution in [1.82, 2.24) is 4.57 Å². The standard InChI is InChI=1S/C16H19NO4/c1-5-20-14(18)12-6-7-13-11(10-12)8-9-17(13)15(19)21-16(2,3)4/h6-10H,5H2,1-4H3. The summed E-state index contributed by atoms with van der Waals surface area (Å²) >= 11 is 0. The molecule has 0 bridgehead atoms. The third kappa shape index (κ3) is 3.42. The van der Waals surface area contributed by atoms with Crippen molar-refractivity contribution in [3.05, 3.63) is 36.0 Å². The zero-order chi connectivity index (χ0) is 15.6. The summed E-state index contributed by atoms with van der Waals surface area (Å²) in [6, 6.07) is 6.82. The van der Waals surface area contributed by atoms with Crippen LogP contribution in [0.25, 0.3) is 10.9 Å². The molecule has 0 radical (unpaired) electrons. The average Bonchev–Trinajstić information content (AvgIpc) is 2.79. The molecule has 0 saturated heterocycles. The molecule has 0 aliphatic carbocycles. The van der Waals surface area contributed by atoms with Crippen molar-refractivity contribution in [2.45, 2.75) is 33.3 Å². The van der Waals surface area contributed by atoms with E-state index in [9.17, 15) is 9.59 Å². The van der Waals surface area contributed by atoms with Crippen LogP contribution in [0.4, 0.5) is 4.79 Å². The van der Waals surface area contributed by atoms with Crippen molar-refractivity contribution in [2.24, 2.45) is 0 Å². The largest absolute Gasteiger partial charge is 0.462 e. The van der Waals surface area contributed by atoms with E-state index in [1.807, 2.05) is 20.8 Å². The molecular formula is C16H19NO4. The van der Waals surface area contributed by atoms with Crippen molar-refractivity contribution >= 4 is 23.0 Å². The van der Waals surface area contributed by atoms with E-state index >= 15 is 0 Å². The van der Waals surface area contributed by atoms with Gasteiger partial charge >= 0.3 is 12.1 Å². The predicted octanol–water partition coefficient (Wildman–Crippen LogP) is 3.60. The summed E-state index contributed by atoms with van der Waals surface area (Å²) in [5.74, 6) is -0.371. The van der Waals surface area contributed by atoms with E-state index < -0.39 is 11.7 Å². The van der Waals surface area contributed by atoms with Crippen molar-refractivity contribution in [2.75, 3.05) is 6.61 Å². The normalized spacial score (nSPS) is 11.4. The molecule has 2 rings (SSSR count). The number of ether oxygens (including phenoxy) is 2. The lowest BCUT2D eigenvalue weighted by atomic mass is 10.1. The summed E-state index contributed by atoms with van der Waals surface area (Å²) in [6.45, 7) is 7.53. The van der Waals surface area contributed by atoms with Gasteiger partial charge in [-0.15, -0.1) is 0 Å². The van der Waals surface area contributed by atoms with Crippen LogP contribution >= 0.6 is 0 Å². The molecule has 21 heavy (non-hydrogen) atoms. The summed E-state index contributed by atoms with van der Waals surface area (Å²) < 4.78 is 11.7. The number of hydrogen-bond acceptors (Lipinski definition) is 4. The van der Waals surface area contributed by atoms with Crippen LogP contribution in [0.5, 0.6) is 0 Å². The molecule has 0 saturated carbocycles. The van der Waals surface area contributed by atoms with Crippen LogP contribution in [0.1, 0.15) is 38.1 Å². The highest BCUT2D eigenvalue weighted by Gasteiger charge is 2.19. The second kappa shape index (κ2) is 5.60. The molecule has 0 spiro atoms. The van der Waals surface area contributed by atoms with Gasteiger partial charge in [0.2, 0.25) is 0 Å². The Labute approximate surface area is 123 Å². The van der Waals surface area contributed by atoms with E-state index in [1.54, 1.807) is 37.4 Å². The third-order valence-corrected chi connectivity index (χ3v) is 2.79. The average molecular weight is 289 g/mol. The van der Waals surface area contributed by atoms with E-state index in [0.717, 1.165) is 5.39 Å². The monoisotopic (exact) mass is 289 g/mol. The SMILES string of the molecule is CCOC(=O)c1ccc2c(ccn2C(=O)OC(C)(C)C)c1. The van der Waals surface area contributed by atoms with E-state index in [-0.39, 0.29) is 5.97 Å². The van der Waals surface area contributed by atoms with Gasteiger partial charge in [0.05, 0.1) is 17.7 Å². The Morgan fingerprint density at radius 1 is 1.19 bits per heavy atom. The van der Waals surface area contributed by atoms with Crippen molar-refractivity contribution in [3.8, 4) is 0 Å². The van der Waals surface area contributed by atoms with Gasteiger partial charge in [-0.05, 0) is 52.0 Å². The van der Waals surface area contributed by atoms with Gasteiger partial charge in [-0.1, -0.05) is 0 Å². The van der Waals surface area contributed by atoms with Crippen LogP contribution in [0, 0.1) is 0 Å². The minimum Gasteiger partial charge on any atom is -0.462 e. The van der Waals surface area contributed by atoms with E-state index in [2.05, 4.69) is 0 Å². The second-order valence-electron chi connectivity index (χ2n) is 5.66. The smallest absolute Gasteiger partial charge is 0.418 e. The molecule has 1 aromatic carbocycles. The van der Waals surface area contributed by atoms with Gasteiger partial charge in [-0.25, -0.2) is 9.59 Å². The van der Waals surface area contributed by atoms with Crippen LogP contribution in [-0.2, 0) is 9.47 Å². The fourth-order valence-electron chi connectivity index (χ4n) is 1.95. The Morgan fingerprint density at radius 2 is 1.90 bits per heavy atom. The Balaban J connectivity index is 2.33. The van der Waals surface area contributed by atoms with Crippen LogP contribution in [0.3, 0.4) is 0 Å². The Hall–Kier alpha value is -2.30. The number of hydrogen-bond donors (Lipinski definition) is 0. The molecular weight excluding hydrogens is 270 g/mol. The number of esters is 1. The van der Waals surface area contributed by atoms with E-state index in [1.165, 1.54) is 4.57 Å². The molecule has 0 unspecified atom stereocenters. The maximum atomic E-state index is 12.1. The summed E-state index contributed by atoms with van der Waals surface area (Å²) in [5, 5.41) is 0.784. The first-order valence-corrected chi connectivity index (χ1v) is 6.83. The minimum absolute atomic E-state index is 0.329. The zero-order valence-electron chi connectivity index (χ0n) is 12.7. The predicted molar refractivity (Wildman–Crippen MR) is 79.5 cm³/mol. The van der Waals surface area contributed by atoms with Crippen LogP contribution < -0.4 is 0 Å². The highest BCUT2D eigenvalue weighted by atomic mass is 16.6. The minimum atomic E-state index is -0.557. The summed E-state index contributed by atoms with van der Waals surface area (Å²) in [7, 11) is 0. The number of nitrogens with zero attached hydrogens (tertiary/aromatic N) is 1. The van der Waals surface area contributed by atoms with Gasteiger partial charge in [0, 0.05) is 11.6 Å². The quantitative estimate of drug-likeness (QED) is 0.793. The van der Waals surface area contributed by atoms with Crippen molar-refractivity contribution < 1.29 is 19.1 Å². The number of aromatic nitrogens is 1. The molecule has 0 aliphatic rings. The first-order valence-electron chi connectivity index (χ1n) is 6.83. The van der Waals surface area contributed by atoms with Gasteiger partial charge in [-0.3, -0.25) is 4.57 Å². The van der Waals surface area contributed by atoms with Crippen LogP contribution in [0.15, 0.2) is 30.5 Å². The fraction of sp³-hybridized carbons (Fsp3) is 0.375. The van der Waals surface area contributed by atoms with Crippen molar-refractivity contribution in [3.63, 3.8) is 0 Å². The number of carbonyl (C=O) groups excluding carboxylic acids is 2. The summed E-state index contributed by atoms with van der Waals surface area (Å²) in [6.07, 6.45) is 1.19. The Morgan fingerprint density at radius 3 is 2.52 bits per heavy atom. The number of carbonyl (C=O) groups is 2. The molecule has 112 valence electrons. The maximum Gasteiger partial charge on any atom is 0.418 e. The molecule has 2 aromatic rings. The summed E-state index contributed by atoms with van der Waals surface area (Å²) in [5.41, 5.74) is 0.599. The van der Waals surface area contributed by atoms with Gasteiger partial charge in [0.15, 0.2) is 0 Å². The number of rotatable bonds is 2. The first kappa shape index (κ1) is 15.1. The topological polar surface area (TPSA) is 57.5 Å². The number of fused-ring (bicyclic) bond motifs is 1. The van der Waals surface area contributed by atoms with Crippen LogP contribution in [0.2, 0.25) is 0 Å². The Bertz CT molecular complexity index is 679. The highest BCUT2D eigenvalue weighted by Crippen LogP contribution is 2.20. The lowest BCUT2D eigenvalue weighted by Gasteiger charge is -2.19. The van der Waals surface area contributed by atoms with Gasteiger partial charge in [-0.2, -0.15) is 0 Å². The molecule has 0 N–H and O–H groups in total. The molecule has 1 aromatic heterocycles. The Kier molecular flexibility index (Phi) is 4.02. The zero-order valence-corrected chi connectivity index (χ0v) is 12.7. The van der Waals surface area contributed by atoms with Crippen molar-refractivity contribution in [1.29, 1.82) is 0 Å². The molecule has 0 fully saturated rings. The van der Waals surface area contributed by atoms with E-state index in [0.29, 0.717) is 17.7 Å². The molecule has 0 amide bonds. The molecule has 5 heteroatoms. The van der Waals surface area contributed by atoms with Gasteiger partial charge in [0.25, 0.3) is 0 Å². The lowest BCUT2D eigenvalue weighted by Crippen LogP contribution is -2.26. The molecule has 0 atom stereocenters. The van der Waals surface area contributed by atoms with Crippen LogP contribution in [-0.4, -0.2) is 28.8 Å². The molecule has 0 aliphatic heterocycles. The summed E-state index contributed by atoms with van der Waals surface area (Å²) in [4.78, 5) is 23.8. The van der Waals surface area contributed by atoms with Gasteiger partial charge < -0.3 is 9.47 Å².